The molecule has 1 aliphatic rings. The van der Waals surface area contributed by atoms with Crippen LogP contribution in [0.5, 0.6) is 0 Å². The lowest BCUT2D eigenvalue weighted by atomic mass is 10.00. The molecule has 3 aromatic rings. The summed E-state index contributed by atoms with van der Waals surface area (Å²) in [5, 5.41) is 11.4. The molecule has 2 N–H and O–H groups in total. The van der Waals surface area contributed by atoms with Crippen molar-refractivity contribution in [3.8, 4) is 11.3 Å². The minimum absolute atomic E-state index is 0.320. The number of anilines is 1. The number of fused-ring (bicyclic) bond motifs is 1. The van der Waals surface area contributed by atoms with E-state index in [2.05, 4.69) is 39.5 Å². The second-order valence-electron chi connectivity index (χ2n) is 7.18. The Bertz CT molecular complexity index is 880. The second kappa shape index (κ2) is 7.37. The van der Waals surface area contributed by atoms with E-state index in [1.165, 1.54) is 12.8 Å². The number of aromatic nitrogens is 5. The lowest BCUT2D eigenvalue weighted by Crippen LogP contribution is -2.33. The quantitative estimate of drug-likeness (QED) is 0.736. The smallest absolute Gasteiger partial charge is 0.154 e. The fraction of sp³-hybridized carbons (Fsp3) is 0.474. The molecule has 0 amide bonds. The molecule has 1 unspecified atom stereocenters. The minimum atomic E-state index is 0.320. The first-order valence-electron chi connectivity index (χ1n) is 9.31. The third-order valence-corrected chi connectivity index (χ3v) is 4.84. The third kappa shape index (κ3) is 3.53. The van der Waals surface area contributed by atoms with Gasteiger partial charge in [-0.3, -0.25) is 9.67 Å². The van der Waals surface area contributed by atoms with Gasteiger partial charge in [0.15, 0.2) is 5.82 Å². The van der Waals surface area contributed by atoms with Crippen molar-refractivity contribution in [2.24, 2.45) is 5.92 Å². The maximum absolute atomic E-state index is 4.84. The van der Waals surface area contributed by atoms with Crippen molar-refractivity contribution in [3.63, 3.8) is 0 Å². The van der Waals surface area contributed by atoms with E-state index >= 15 is 0 Å². The summed E-state index contributed by atoms with van der Waals surface area (Å²) >= 11 is 0. The van der Waals surface area contributed by atoms with Crippen LogP contribution in [0.25, 0.3) is 22.3 Å². The van der Waals surface area contributed by atoms with Gasteiger partial charge in [-0.2, -0.15) is 5.10 Å². The van der Waals surface area contributed by atoms with Gasteiger partial charge in [0.2, 0.25) is 0 Å². The first kappa shape index (κ1) is 16.9. The Morgan fingerprint density at radius 1 is 1.31 bits per heavy atom. The molecule has 1 atom stereocenters. The van der Waals surface area contributed by atoms with E-state index < -0.39 is 0 Å². The fourth-order valence-electron chi connectivity index (χ4n) is 3.34. The molecule has 26 heavy (non-hydrogen) atoms. The Hall–Kier alpha value is -2.54. The van der Waals surface area contributed by atoms with Crippen LogP contribution in [0, 0.1) is 5.92 Å². The predicted molar refractivity (Wildman–Crippen MR) is 103 cm³/mol. The Kier molecular flexibility index (Phi) is 4.79. The zero-order chi connectivity index (χ0) is 17.9. The van der Waals surface area contributed by atoms with Crippen molar-refractivity contribution in [1.82, 2.24) is 30.0 Å². The first-order valence-corrected chi connectivity index (χ1v) is 9.31. The van der Waals surface area contributed by atoms with E-state index in [-0.39, 0.29) is 0 Å². The number of piperidine rings is 1. The molecule has 136 valence electrons. The molecule has 3 aromatic heterocycles. The molecule has 0 aromatic carbocycles. The molecule has 1 saturated heterocycles. The molecule has 7 heteroatoms. The average Bonchev–Trinajstić information content (AvgIpc) is 3.17. The van der Waals surface area contributed by atoms with E-state index in [1.807, 2.05) is 23.1 Å². The van der Waals surface area contributed by atoms with Gasteiger partial charge in [0.25, 0.3) is 0 Å². The SMILES string of the molecule is CC(C)n1cc(-c2cc3nccnc3c(NCC3CCCNC3)n2)cn1. The summed E-state index contributed by atoms with van der Waals surface area (Å²) in [6.45, 7) is 7.29. The molecule has 4 heterocycles. The van der Waals surface area contributed by atoms with Gasteiger partial charge in [0.1, 0.15) is 5.52 Å². The molecule has 1 aliphatic heterocycles. The maximum Gasteiger partial charge on any atom is 0.154 e. The molecule has 0 aliphatic carbocycles. The maximum atomic E-state index is 4.84. The van der Waals surface area contributed by atoms with Crippen molar-refractivity contribution in [3.05, 3.63) is 30.9 Å². The molecular formula is C19H25N7. The van der Waals surface area contributed by atoms with E-state index in [0.29, 0.717) is 12.0 Å². The Morgan fingerprint density at radius 3 is 2.96 bits per heavy atom. The molecule has 1 fully saturated rings. The number of nitrogens with zero attached hydrogens (tertiary/aromatic N) is 5. The van der Waals surface area contributed by atoms with Crippen LogP contribution in [0.2, 0.25) is 0 Å². The van der Waals surface area contributed by atoms with Crippen molar-refractivity contribution < 1.29 is 0 Å². The predicted octanol–water partition coefficient (Wildman–Crippen LogP) is 2.88. The minimum Gasteiger partial charge on any atom is -0.368 e. The van der Waals surface area contributed by atoms with Gasteiger partial charge in [-0.1, -0.05) is 0 Å². The highest BCUT2D eigenvalue weighted by atomic mass is 15.3. The van der Waals surface area contributed by atoms with Crippen molar-refractivity contribution in [2.75, 3.05) is 25.0 Å². The number of rotatable bonds is 5. The van der Waals surface area contributed by atoms with Crippen LogP contribution in [0.3, 0.4) is 0 Å². The van der Waals surface area contributed by atoms with Gasteiger partial charge in [0, 0.05) is 36.7 Å². The molecule has 0 saturated carbocycles. The van der Waals surface area contributed by atoms with Gasteiger partial charge in [-0.05, 0) is 51.8 Å². The van der Waals surface area contributed by atoms with Crippen LogP contribution in [0.4, 0.5) is 5.82 Å². The highest BCUT2D eigenvalue weighted by Crippen LogP contribution is 2.26. The summed E-state index contributed by atoms with van der Waals surface area (Å²) < 4.78 is 1.94. The number of hydrogen-bond acceptors (Lipinski definition) is 6. The molecule has 0 radical (unpaired) electrons. The molecule has 0 spiro atoms. The summed E-state index contributed by atoms with van der Waals surface area (Å²) in [5.41, 5.74) is 3.53. The van der Waals surface area contributed by atoms with Crippen molar-refractivity contribution in [1.29, 1.82) is 0 Å². The fourth-order valence-corrected chi connectivity index (χ4v) is 3.34. The average molecular weight is 351 g/mol. The van der Waals surface area contributed by atoms with Gasteiger partial charge in [0.05, 0.1) is 17.4 Å². The summed E-state index contributed by atoms with van der Waals surface area (Å²) in [7, 11) is 0. The van der Waals surface area contributed by atoms with Crippen LogP contribution in [0.1, 0.15) is 32.7 Å². The summed E-state index contributed by atoms with van der Waals surface area (Å²) in [6, 6.07) is 2.30. The lowest BCUT2D eigenvalue weighted by molar-refractivity contribution is 0.392. The summed E-state index contributed by atoms with van der Waals surface area (Å²) in [5.74, 6) is 1.41. The van der Waals surface area contributed by atoms with E-state index in [4.69, 9.17) is 4.98 Å². The monoisotopic (exact) mass is 351 g/mol. The molecule has 7 nitrogen and oxygen atoms in total. The highest BCUT2D eigenvalue weighted by Gasteiger charge is 2.15. The Labute approximate surface area is 153 Å². The zero-order valence-corrected chi connectivity index (χ0v) is 15.3. The van der Waals surface area contributed by atoms with Crippen LogP contribution in [-0.2, 0) is 0 Å². The molecular weight excluding hydrogens is 326 g/mol. The van der Waals surface area contributed by atoms with Crippen LogP contribution in [0.15, 0.2) is 30.9 Å². The van der Waals surface area contributed by atoms with Crippen molar-refractivity contribution >= 4 is 16.9 Å². The first-order chi connectivity index (χ1) is 12.7. The van der Waals surface area contributed by atoms with E-state index in [9.17, 15) is 0 Å². The van der Waals surface area contributed by atoms with E-state index in [0.717, 1.165) is 47.7 Å². The van der Waals surface area contributed by atoms with Gasteiger partial charge in [-0.25, -0.2) is 9.97 Å². The number of nitrogens with one attached hydrogen (secondary N) is 2. The van der Waals surface area contributed by atoms with Crippen LogP contribution < -0.4 is 10.6 Å². The largest absolute Gasteiger partial charge is 0.368 e. The lowest BCUT2D eigenvalue weighted by Gasteiger charge is -2.23. The third-order valence-electron chi connectivity index (χ3n) is 4.84. The summed E-state index contributed by atoms with van der Waals surface area (Å²) in [4.78, 5) is 13.8. The zero-order valence-electron chi connectivity index (χ0n) is 15.3. The Balaban J connectivity index is 1.65. The second-order valence-corrected chi connectivity index (χ2v) is 7.18. The van der Waals surface area contributed by atoms with Gasteiger partial charge >= 0.3 is 0 Å². The number of pyridine rings is 1. The van der Waals surface area contributed by atoms with Gasteiger partial charge < -0.3 is 10.6 Å². The van der Waals surface area contributed by atoms with Crippen LogP contribution >= 0.6 is 0 Å². The number of hydrogen-bond donors (Lipinski definition) is 2. The highest BCUT2D eigenvalue weighted by molar-refractivity contribution is 5.88. The van der Waals surface area contributed by atoms with Crippen molar-refractivity contribution in [2.45, 2.75) is 32.7 Å². The molecule has 4 rings (SSSR count). The van der Waals surface area contributed by atoms with E-state index in [1.54, 1.807) is 12.4 Å². The van der Waals surface area contributed by atoms with Crippen LogP contribution in [-0.4, -0.2) is 44.4 Å². The topological polar surface area (TPSA) is 80.5 Å². The normalized spacial score (nSPS) is 17.7. The molecule has 0 bridgehead atoms. The summed E-state index contributed by atoms with van der Waals surface area (Å²) in [6.07, 6.45) is 9.80. The Morgan fingerprint density at radius 2 is 2.19 bits per heavy atom. The standard InChI is InChI=1S/C19H25N7/c1-13(2)26-12-15(11-24-26)16-8-17-18(22-7-6-21-17)19(25-16)23-10-14-4-3-5-20-9-14/h6-8,11-14,20H,3-5,9-10H2,1-2H3,(H,23,25). The van der Waals surface area contributed by atoms with Gasteiger partial charge in [-0.15, -0.1) is 0 Å².